The van der Waals surface area contributed by atoms with Crippen LogP contribution in [0.4, 0.5) is 0 Å². The van der Waals surface area contributed by atoms with E-state index in [1.54, 1.807) is 0 Å². The molecule has 104 valence electrons. The molecule has 1 aromatic carbocycles. The largest absolute Gasteiger partial charge is 0.350 e. The number of nitrogens with zero attached hydrogens (tertiary/aromatic N) is 1. The first kappa shape index (κ1) is 14.5. The predicted octanol–water partition coefficient (Wildman–Crippen LogP) is 2.97. The fourth-order valence-corrected chi connectivity index (χ4v) is 3.09. The summed E-state index contributed by atoms with van der Waals surface area (Å²) >= 11 is 3.44. The van der Waals surface area contributed by atoms with Crippen LogP contribution in [-0.2, 0) is 0 Å². The Kier molecular flexibility index (Phi) is 4.99. The summed E-state index contributed by atoms with van der Waals surface area (Å²) in [6, 6.07) is 6.35. The molecule has 1 N–H and O–H groups in total. The zero-order valence-corrected chi connectivity index (χ0v) is 13.2. The van der Waals surface area contributed by atoms with Crippen molar-refractivity contribution in [3.05, 3.63) is 33.8 Å². The number of likely N-dealkylation sites (N-methyl/N-ethyl adjacent to an activating group) is 1. The molecule has 1 aliphatic heterocycles. The standard InChI is InChI=1S/C15H21BrN2O/c1-3-18-8-4-5-12(18)10-17-15(19)13-9-11(2)6-7-14(13)16/h6-7,9,12H,3-5,8,10H2,1-2H3,(H,17,19). The van der Waals surface area contributed by atoms with Gasteiger partial charge in [0.15, 0.2) is 0 Å². The van der Waals surface area contributed by atoms with Gasteiger partial charge in [-0.25, -0.2) is 0 Å². The van der Waals surface area contributed by atoms with Gasteiger partial charge in [-0.2, -0.15) is 0 Å². The minimum Gasteiger partial charge on any atom is -0.350 e. The third-order valence-corrected chi connectivity index (χ3v) is 4.46. The van der Waals surface area contributed by atoms with Gasteiger partial charge in [-0.05, 0) is 60.9 Å². The maximum absolute atomic E-state index is 12.2. The first-order valence-electron chi connectivity index (χ1n) is 6.90. The van der Waals surface area contributed by atoms with Gasteiger partial charge in [0.1, 0.15) is 0 Å². The van der Waals surface area contributed by atoms with Crippen LogP contribution in [0.3, 0.4) is 0 Å². The second-order valence-electron chi connectivity index (χ2n) is 5.12. The molecular formula is C15H21BrN2O. The molecule has 0 aliphatic carbocycles. The van der Waals surface area contributed by atoms with E-state index in [1.165, 1.54) is 12.8 Å². The molecule has 0 aromatic heterocycles. The van der Waals surface area contributed by atoms with E-state index in [2.05, 4.69) is 33.1 Å². The third-order valence-electron chi connectivity index (χ3n) is 3.77. The van der Waals surface area contributed by atoms with E-state index in [-0.39, 0.29) is 5.91 Å². The first-order valence-corrected chi connectivity index (χ1v) is 7.69. The molecule has 1 heterocycles. The van der Waals surface area contributed by atoms with Crippen molar-refractivity contribution in [2.45, 2.75) is 32.7 Å². The average molecular weight is 325 g/mol. The van der Waals surface area contributed by atoms with Gasteiger partial charge < -0.3 is 5.32 Å². The number of likely N-dealkylation sites (tertiary alicyclic amines) is 1. The molecule has 1 saturated heterocycles. The fraction of sp³-hybridized carbons (Fsp3) is 0.533. The maximum atomic E-state index is 12.2. The Morgan fingerprint density at radius 2 is 2.32 bits per heavy atom. The monoisotopic (exact) mass is 324 g/mol. The number of carbonyl (C=O) groups excluding carboxylic acids is 1. The highest BCUT2D eigenvalue weighted by molar-refractivity contribution is 9.10. The van der Waals surface area contributed by atoms with Crippen LogP contribution < -0.4 is 5.32 Å². The Hall–Kier alpha value is -0.870. The van der Waals surface area contributed by atoms with Crippen LogP contribution >= 0.6 is 15.9 Å². The van der Waals surface area contributed by atoms with E-state index < -0.39 is 0 Å². The van der Waals surface area contributed by atoms with Crippen molar-refractivity contribution >= 4 is 21.8 Å². The summed E-state index contributed by atoms with van der Waals surface area (Å²) in [4.78, 5) is 14.6. The normalized spacial score (nSPS) is 19.6. The van der Waals surface area contributed by atoms with E-state index in [0.29, 0.717) is 6.04 Å². The van der Waals surface area contributed by atoms with Crippen molar-refractivity contribution in [2.75, 3.05) is 19.6 Å². The second-order valence-corrected chi connectivity index (χ2v) is 5.97. The molecule has 1 aliphatic rings. The predicted molar refractivity (Wildman–Crippen MR) is 81.5 cm³/mol. The van der Waals surface area contributed by atoms with Crippen LogP contribution in [0.1, 0.15) is 35.7 Å². The molecule has 2 rings (SSSR count). The van der Waals surface area contributed by atoms with Crippen LogP contribution in [-0.4, -0.2) is 36.5 Å². The van der Waals surface area contributed by atoms with Crippen LogP contribution in [0.5, 0.6) is 0 Å². The molecule has 0 spiro atoms. The number of hydrogen-bond donors (Lipinski definition) is 1. The van der Waals surface area contributed by atoms with Crippen molar-refractivity contribution < 1.29 is 4.79 Å². The highest BCUT2D eigenvalue weighted by atomic mass is 79.9. The van der Waals surface area contributed by atoms with Gasteiger partial charge in [0.05, 0.1) is 5.56 Å². The van der Waals surface area contributed by atoms with Crippen molar-refractivity contribution in [3.8, 4) is 0 Å². The third kappa shape index (κ3) is 3.57. The first-order chi connectivity index (χ1) is 9.11. The number of carbonyl (C=O) groups is 1. The van der Waals surface area contributed by atoms with E-state index in [0.717, 1.165) is 35.2 Å². The molecule has 0 bridgehead atoms. The molecular weight excluding hydrogens is 304 g/mol. The minimum absolute atomic E-state index is 0.0125. The van der Waals surface area contributed by atoms with Gasteiger partial charge in [-0.1, -0.05) is 18.6 Å². The summed E-state index contributed by atoms with van der Waals surface area (Å²) in [6.45, 7) is 7.14. The molecule has 1 atom stereocenters. The smallest absolute Gasteiger partial charge is 0.252 e. The molecule has 0 radical (unpaired) electrons. The summed E-state index contributed by atoms with van der Waals surface area (Å²) < 4.78 is 0.856. The lowest BCUT2D eigenvalue weighted by Gasteiger charge is -2.23. The second kappa shape index (κ2) is 6.53. The number of hydrogen-bond acceptors (Lipinski definition) is 2. The van der Waals surface area contributed by atoms with E-state index >= 15 is 0 Å². The van der Waals surface area contributed by atoms with Crippen LogP contribution in [0.25, 0.3) is 0 Å². The highest BCUT2D eigenvalue weighted by Gasteiger charge is 2.23. The Balaban J connectivity index is 1.96. The maximum Gasteiger partial charge on any atom is 0.252 e. The van der Waals surface area contributed by atoms with Crippen LogP contribution in [0.15, 0.2) is 22.7 Å². The van der Waals surface area contributed by atoms with Crippen molar-refractivity contribution in [2.24, 2.45) is 0 Å². The van der Waals surface area contributed by atoms with Crippen molar-refractivity contribution in [1.82, 2.24) is 10.2 Å². The summed E-state index contributed by atoms with van der Waals surface area (Å²) in [5, 5.41) is 3.06. The Labute approximate surface area is 123 Å². The molecule has 0 saturated carbocycles. The molecule has 1 aromatic rings. The van der Waals surface area contributed by atoms with Gasteiger partial charge in [-0.15, -0.1) is 0 Å². The zero-order valence-electron chi connectivity index (χ0n) is 11.6. The lowest BCUT2D eigenvalue weighted by molar-refractivity contribution is 0.0940. The van der Waals surface area contributed by atoms with E-state index in [1.807, 2.05) is 25.1 Å². The number of halogens is 1. The van der Waals surface area contributed by atoms with Gasteiger partial charge in [0.2, 0.25) is 0 Å². The van der Waals surface area contributed by atoms with E-state index in [4.69, 9.17) is 0 Å². The lowest BCUT2D eigenvalue weighted by Crippen LogP contribution is -2.40. The Morgan fingerprint density at radius 3 is 3.05 bits per heavy atom. The molecule has 19 heavy (non-hydrogen) atoms. The quantitative estimate of drug-likeness (QED) is 0.923. The average Bonchev–Trinajstić information content (AvgIpc) is 2.86. The molecule has 1 amide bonds. The number of amides is 1. The highest BCUT2D eigenvalue weighted by Crippen LogP contribution is 2.19. The summed E-state index contributed by atoms with van der Waals surface area (Å²) in [5.41, 5.74) is 1.82. The van der Waals surface area contributed by atoms with Crippen molar-refractivity contribution in [3.63, 3.8) is 0 Å². The van der Waals surface area contributed by atoms with Crippen molar-refractivity contribution in [1.29, 1.82) is 0 Å². The van der Waals surface area contributed by atoms with Gasteiger partial charge >= 0.3 is 0 Å². The number of nitrogens with one attached hydrogen (secondary N) is 1. The summed E-state index contributed by atoms with van der Waals surface area (Å²) in [5.74, 6) is 0.0125. The fourth-order valence-electron chi connectivity index (χ4n) is 2.66. The number of aryl methyl sites for hydroxylation is 1. The minimum atomic E-state index is 0.0125. The lowest BCUT2D eigenvalue weighted by atomic mass is 10.1. The van der Waals surface area contributed by atoms with Gasteiger partial charge in [0, 0.05) is 17.1 Å². The zero-order chi connectivity index (χ0) is 13.8. The Morgan fingerprint density at radius 1 is 1.53 bits per heavy atom. The number of rotatable bonds is 4. The number of benzene rings is 1. The van der Waals surface area contributed by atoms with E-state index in [9.17, 15) is 4.79 Å². The SMILES string of the molecule is CCN1CCCC1CNC(=O)c1cc(C)ccc1Br. The summed E-state index contributed by atoms with van der Waals surface area (Å²) in [7, 11) is 0. The Bertz CT molecular complexity index is 461. The molecule has 3 nitrogen and oxygen atoms in total. The molecule has 4 heteroatoms. The van der Waals surface area contributed by atoms with Gasteiger partial charge in [-0.3, -0.25) is 9.69 Å². The molecule has 1 unspecified atom stereocenters. The summed E-state index contributed by atoms with van der Waals surface area (Å²) in [6.07, 6.45) is 2.42. The topological polar surface area (TPSA) is 32.3 Å². The molecule has 1 fully saturated rings. The van der Waals surface area contributed by atoms with Crippen LogP contribution in [0.2, 0.25) is 0 Å². The van der Waals surface area contributed by atoms with Crippen LogP contribution in [0, 0.1) is 6.92 Å². The van der Waals surface area contributed by atoms with Gasteiger partial charge in [0.25, 0.3) is 5.91 Å².